The van der Waals surface area contributed by atoms with E-state index in [1.165, 1.54) is 12.3 Å². The third-order valence-corrected chi connectivity index (χ3v) is 2.65. The summed E-state index contributed by atoms with van der Waals surface area (Å²) < 4.78 is 0. The molecule has 1 aliphatic rings. The van der Waals surface area contributed by atoms with Gasteiger partial charge in [0.05, 0.1) is 0 Å². The van der Waals surface area contributed by atoms with E-state index < -0.39 is 0 Å². The van der Waals surface area contributed by atoms with Crippen molar-refractivity contribution in [2.45, 2.75) is 32.4 Å². The Bertz CT molecular complexity index is 86.9. The van der Waals surface area contributed by atoms with Crippen molar-refractivity contribution in [2.24, 2.45) is 0 Å². The zero-order valence-electron chi connectivity index (χ0n) is 6.42. The van der Waals surface area contributed by atoms with Crippen molar-refractivity contribution in [3.8, 4) is 0 Å². The van der Waals surface area contributed by atoms with Gasteiger partial charge in [-0.15, -0.1) is 11.8 Å². The normalized spacial score (nSPS) is 36.3. The maximum absolute atomic E-state index is 2.53. The summed E-state index contributed by atoms with van der Waals surface area (Å²) in [5.41, 5.74) is 0. The maximum Gasteiger partial charge on any atom is 0.0447 e. The molecule has 54 valence electrons. The van der Waals surface area contributed by atoms with Gasteiger partial charge >= 0.3 is 0 Å². The molecule has 0 aromatic rings. The molecule has 1 aliphatic heterocycles. The molecular weight excluding hydrogens is 130 g/mol. The van der Waals surface area contributed by atoms with Crippen molar-refractivity contribution in [2.75, 3.05) is 12.1 Å². The van der Waals surface area contributed by atoms with Gasteiger partial charge in [-0.1, -0.05) is 0 Å². The predicted molar refractivity (Wildman–Crippen MR) is 43.8 cm³/mol. The minimum absolute atomic E-state index is 0.840. The highest BCUT2D eigenvalue weighted by atomic mass is 32.2. The average Bonchev–Trinajstić information content (AvgIpc) is 1.84. The van der Waals surface area contributed by atoms with E-state index in [1.807, 2.05) is 11.8 Å². The highest BCUT2D eigenvalue weighted by Gasteiger charge is 2.30. The van der Waals surface area contributed by atoms with E-state index in [0.29, 0.717) is 0 Å². The highest BCUT2D eigenvalue weighted by molar-refractivity contribution is 7.98. The number of hydrogen-bond donors (Lipinski definition) is 0. The quantitative estimate of drug-likeness (QED) is 0.583. The number of nitrogens with zero attached hydrogens (tertiary/aromatic N) is 1. The zero-order valence-corrected chi connectivity index (χ0v) is 7.24. The standard InChI is InChI=1S/C7H15NS/c1-6-4-7(2)8(6)5-9-3/h6-7H,4-5H2,1-3H3. The van der Waals surface area contributed by atoms with Crippen LogP contribution in [0.1, 0.15) is 20.3 Å². The third-order valence-electron chi connectivity index (χ3n) is 2.09. The van der Waals surface area contributed by atoms with Crippen LogP contribution in [0.15, 0.2) is 0 Å². The van der Waals surface area contributed by atoms with Gasteiger partial charge in [0.2, 0.25) is 0 Å². The molecule has 1 nitrogen and oxygen atoms in total. The highest BCUT2D eigenvalue weighted by Crippen LogP contribution is 2.25. The van der Waals surface area contributed by atoms with E-state index in [0.717, 1.165) is 12.1 Å². The first kappa shape index (κ1) is 7.42. The summed E-state index contributed by atoms with van der Waals surface area (Å²) in [5.74, 6) is 1.21. The lowest BCUT2D eigenvalue weighted by atomic mass is 9.97. The summed E-state index contributed by atoms with van der Waals surface area (Å²) in [4.78, 5) is 2.53. The van der Waals surface area contributed by atoms with Crippen molar-refractivity contribution >= 4 is 11.8 Å². The molecule has 0 aliphatic carbocycles. The van der Waals surface area contributed by atoms with E-state index in [9.17, 15) is 0 Å². The topological polar surface area (TPSA) is 3.24 Å². The fourth-order valence-corrected chi connectivity index (χ4v) is 2.27. The summed E-state index contributed by atoms with van der Waals surface area (Å²) in [6.45, 7) is 4.60. The van der Waals surface area contributed by atoms with Crippen LogP contribution >= 0.6 is 11.8 Å². The summed E-state index contributed by atoms with van der Waals surface area (Å²) in [6.07, 6.45) is 3.55. The Morgan fingerprint density at radius 3 is 2.22 bits per heavy atom. The second-order valence-corrected chi connectivity index (χ2v) is 3.70. The fraction of sp³-hybridized carbons (Fsp3) is 1.00. The molecule has 0 aromatic heterocycles. The van der Waals surface area contributed by atoms with E-state index in [1.54, 1.807) is 0 Å². The van der Waals surface area contributed by atoms with Crippen LogP contribution < -0.4 is 0 Å². The monoisotopic (exact) mass is 145 g/mol. The summed E-state index contributed by atoms with van der Waals surface area (Å²) in [6, 6.07) is 1.68. The lowest BCUT2D eigenvalue weighted by molar-refractivity contribution is 0.0619. The van der Waals surface area contributed by atoms with Gasteiger partial charge in [0.1, 0.15) is 0 Å². The molecule has 9 heavy (non-hydrogen) atoms. The summed E-state index contributed by atoms with van der Waals surface area (Å²) >= 11 is 1.92. The van der Waals surface area contributed by atoms with Crippen LogP contribution in [0.25, 0.3) is 0 Å². The second kappa shape index (κ2) is 2.93. The van der Waals surface area contributed by atoms with Gasteiger partial charge in [-0.2, -0.15) is 0 Å². The molecule has 2 heteroatoms. The van der Waals surface area contributed by atoms with Gasteiger partial charge < -0.3 is 0 Å². The summed E-state index contributed by atoms with van der Waals surface area (Å²) in [5, 5.41) is 0. The minimum atomic E-state index is 0.840. The van der Waals surface area contributed by atoms with Gasteiger partial charge in [0.25, 0.3) is 0 Å². The molecule has 1 heterocycles. The lowest BCUT2D eigenvalue weighted by Gasteiger charge is -2.45. The third kappa shape index (κ3) is 1.41. The number of hydrogen-bond acceptors (Lipinski definition) is 2. The van der Waals surface area contributed by atoms with Gasteiger partial charge in [0, 0.05) is 18.0 Å². The SMILES string of the molecule is CSCN1C(C)CC1C. The van der Waals surface area contributed by atoms with Crippen molar-refractivity contribution in [1.29, 1.82) is 0 Å². The first-order valence-corrected chi connectivity index (χ1v) is 4.89. The van der Waals surface area contributed by atoms with Gasteiger partial charge in [-0.05, 0) is 26.5 Å². The molecule has 1 fully saturated rings. The number of likely N-dealkylation sites (tertiary alicyclic amines) is 1. The molecular formula is C7H15NS. The molecule has 2 unspecified atom stereocenters. The molecule has 2 atom stereocenters. The Labute approximate surface area is 61.8 Å². The Kier molecular flexibility index (Phi) is 2.42. The van der Waals surface area contributed by atoms with E-state index in [4.69, 9.17) is 0 Å². The van der Waals surface area contributed by atoms with E-state index >= 15 is 0 Å². The largest absolute Gasteiger partial charge is 0.289 e. The van der Waals surface area contributed by atoms with Crippen molar-refractivity contribution in [1.82, 2.24) is 4.90 Å². The van der Waals surface area contributed by atoms with Crippen molar-refractivity contribution in [3.63, 3.8) is 0 Å². The number of thioether (sulfide) groups is 1. The Hall–Kier alpha value is 0.310. The van der Waals surface area contributed by atoms with Crippen LogP contribution in [0, 0.1) is 0 Å². The van der Waals surface area contributed by atoms with E-state index in [2.05, 4.69) is 25.0 Å². The second-order valence-electron chi connectivity index (χ2n) is 2.87. The molecule has 0 saturated carbocycles. The molecule has 0 N–H and O–H groups in total. The molecule has 0 spiro atoms. The molecule has 1 rings (SSSR count). The fourth-order valence-electron chi connectivity index (χ4n) is 1.46. The molecule has 0 radical (unpaired) electrons. The predicted octanol–water partition coefficient (Wildman–Crippen LogP) is 1.79. The first-order chi connectivity index (χ1) is 4.25. The molecule has 0 aromatic carbocycles. The van der Waals surface area contributed by atoms with Gasteiger partial charge in [-0.3, -0.25) is 4.90 Å². The Balaban J connectivity index is 2.22. The average molecular weight is 145 g/mol. The van der Waals surface area contributed by atoms with Crippen LogP contribution in [0.2, 0.25) is 0 Å². The van der Waals surface area contributed by atoms with Crippen LogP contribution in [-0.4, -0.2) is 29.1 Å². The molecule has 0 amide bonds. The Morgan fingerprint density at radius 2 is 2.00 bits per heavy atom. The number of rotatable bonds is 2. The van der Waals surface area contributed by atoms with E-state index in [-0.39, 0.29) is 0 Å². The minimum Gasteiger partial charge on any atom is -0.289 e. The van der Waals surface area contributed by atoms with Gasteiger partial charge in [0.15, 0.2) is 0 Å². The Morgan fingerprint density at radius 1 is 1.44 bits per heavy atom. The van der Waals surface area contributed by atoms with Crippen LogP contribution in [0.3, 0.4) is 0 Å². The van der Waals surface area contributed by atoms with Crippen molar-refractivity contribution in [3.05, 3.63) is 0 Å². The lowest BCUT2D eigenvalue weighted by Crippen LogP contribution is -2.52. The van der Waals surface area contributed by atoms with Crippen LogP contribution in [0.4, 0.5) is 0 Å². The zero-order chi connectivity index (χ0) is 6.85. The van der Waals surface area contributed by atoms with Gasteiger partial charge in [-0.25, -0.2) is 0 Å². The molecule has 0 bridgehead atoms. The summed E-state index contributed by atoms with van der Waals surface area (Å²) in [7, 11) is 0. The van der Waals surface area contributed by atoms with Crippen LogP contribution in [0.5, 0.6) is 0 Å². The smallest absolute Gasteiger partial charge is 0.0447 e. The molecule has 1 saturated heterocycles. The maximum atomic E-state index is 2.53. The van der Waals surface area contributed by atoms with Crippen LogP contribution in [-0.2, 0) is 0 Å². The first-order valence-electron chi connectivity index (χ1n) is 3.50. The van der Waals surface area contributed by atoms with Crippen molar-refractivity contribution < 1.29 is 0 Å².